The van der Waals surface area contributed by atoms with Crippen molar-refractivity contribution in [2.45, 2.75) is 0 Å². The maximum atomic E-state index is 13.4. The normalized spacial score (nSPS) is 10.0. The molecule has 0 aliphatic rings. The van der Waals surface area contributed by atoms with E-state index in [9.17, 15) is 33.3 Å². The van der Waals surface area contributed by atoms with Gasteiger partial charge in [-0.25, -0.2) is 13.6 Å². The Labute approximate surface area is 150 Å². The smallest absolute Gasteiger partial charge is 0.341 e. The number of nitro benzene ring substituents is 1. The molecule has 0 bridgehead atoms. The number of halogens is 2. The minimum Gasteiger partial charge on any atom is -0.452 e. The molecule has 0 atom stereocenters. The number of hydrogen-bond acceptors (Lipinski definition) is 6. The first kappa shape index (κ1) is 19.4. The molecule has 27 heavy (non-hydrogen) atoms. The molecule has 0 aliphatic heterocycles. The van der Waals surface area contributed by atoms with Gasteiger partial charge in [0, 0.05) is 23.8 Å². The number of hydrazine groups is 1. The molecule has 2 rings (SSSR count). The van der Waals surface area contributed by atoms with Crippen molar-refractivity contribution in [1.29, 1.82) is 0 Å². The average Bonchev–Trinajstić information content (AvgIpc) is 2.64. The lowest BCUT2D eigenvalue weighted by molar-refractivity contribution is -0.384. The van der Waals surface area contributed by atoms with Crippen molar-refractivity contribution < 1.29 is 32.8 Å². The van der Waals surface area contributed by atoms with Crippen LogP contribution in [0, 0.1) is 21.7 Å². The summed E-state index contributed by atoms with van der Waals surface area (Å²) in [6, 6.07) is 6.94. The average molecular weight is 379 g/mol. The van der Waals surface area contributed by atoms with E-state index in [0.717, 1.165) is 18.2 Å². The summed E-state index contributed by atoms with van der Waals surface area (Å²) in [5, 5.41) is 10.7. The number of non-ortho nitro benzene ring substituents is 1. The van der Waals surface area contributed by atoms with Gasteiger partial charge in [0.2, 0.25) is 0 Å². The fourth-order valence-corrected chi connectivity index (χ4v) is 1.86. The number of benzene rings is 2. The monoisotopic (exact) mass is 379 g/mol. The number of nitrogens with one attached hydrogen (secondary N) is 2. The maximum absolute atomic E-state index is 13.4. The van der Waals surface area contributed by atoms with Gasteiger partial charge in [-0.3, -0.25) is 30.6 Å². The highest BCUT2D eigenvalue weighted by Gasteiger charge is 2.16. The van der Waals surface area contributed by atoms with Gasteiger partial charge in [0.15, 0.2) is 6.61 Å². The second-order valence-corrected chi connectivity index (χ2v) is 5.01. The van der Waals surface area contributed by atoms with Crippen LogP contribution in [0.1, 0.15) is 20.7 Å². The van der Waals surface area contributed by atoms with Crippen LogP contribution in [0.15, 0.2) is 42.5 Å². The highest BCUT2D eigenvalue weighted by molar-refractivity contribution is 5.96. The summed E-state index contributed by atoms with van der Waals surface area (Å²) < 4.78 is 30.7. The lowest BCUT2D eigenvalue weighted by Gasteiger charge is -2.08. The topological polar surface area (TPSA) is 128 Å². The van der Waals surface area contributed by atoms with E-state index in [0.29, 0.717) is 6.07 Å². The molecule has 2 amide bonds. The van der Waals surface area contributed by atoms with Crippen molar-refractivity contribution in [1.82, 2.24) is 10.9 Å². The summed E-state index contributed by atoms with van der Waals surface area (Å²) in [5.41, 5.74) is 2.92. The molecular weight excluding hydrogens is 368 g/mol. The number of amides is 2. The molecule has 0 unspecified atom stereocenters. The van der Waals surface area contributed by atoms with Crippen LogP contribution in [0.25, 0.3) is 0 Å². The molecule has 0 fully saturated rings. The third-order valence-electron chi connectivity index (χ3n) is 3.12. The predicted molar refractivity (Wildman–Crippen MR) is 85.3 cm³/mol. The van der Waals surface area contributed by atoms with E-state index in [4.69, 9.17) is 0 Å². The van der Waals surface area contributed by atoms with Crippen LogP contribution in [-0.4, -0.2) is 29.3 Å². The van der Waals surface area contributed by atoms with Crippen molar-refractivity contribution in [2.75, 3.05) is 6.61 Å². The van der Waals surface area contributed by atoms with Crippen LogP contribution in [-0.2, 0) is 9.53 Å². The highest BCUT2D eigenvalue weighted by atomic mass is 19.1. The minimum atomic E-state index is -1.20. The Morgan fingerprint density at radius 2 is 1.81 bits per heavy atom. The highest BCUT2D eigenvalue weighted by Crippen LogP contribution is 2.13. The van der Waals surface area contributed by atoms with Crippen molar-refractivity contribution in [3.8, 4) is 0 Å². The van der Waals surface area contributed by atoms with Crippen LogP contribution in [0.2, 0.25) is 0 Å². The zero-order valence-corrected chi connectivity index (χ0v) is 13.4. The zero-order valence-electron chi connectivity index (χ0n) is 13.4. The van der Waals surface area contributed by atoms with Gasteiger partial charge in [0.25, 0.3) is 17.5 Å². The minimum absolute atomic E-state index is 0.0881. The van der Waals surface area contributed by atoms with Gasteiger partial charge in [-0.2, -0.15) is 0 Å². The number of rotatable bonds is 5. The SMILES string of the molecule is O=C(COC(=O)c1ccc(F)cc1F)NNC(=O)c1cccc([N+](=O)[O-])c1. The number of ether oxygens (including phenoxy) is 1. The summed E-state index contributed by atoms with van der Waals surface area (Å²) in [4.78, 5) is 45.0. The van der Waals surface area contributed by atoms with Crippen LogP contribution in [0.5, 0.6) is 0 Å². The molecule has 0 heterocycles. The van der Waals surface area contributed by atoms with Crippen molar-refractivity contribution in [3.63, 3.8) is 0 Å². The summed E-state index contributed by atoms with van der Waals surface area (Å²) in [5.74, 6) is -5.04. The van der Waals surface area contributed by atoms with E-state index in [-0.39, 0.29) is 11.3 Å². The van der Waals surface area contributed by atoms with Gasteiger partial charge in [-0.05, 0) is 18.2 Å². The predicted octanol–water partition coefficient (Wildman–Crippen LogP) is 1.49. The van der Waals surface area contributed by atoms with Gasteiger partial charge >= 0.3 is 5.97 Å². The molecule has 2 aromatic carbocycles. The lowest BCUT2D eigenvalue weighted by Crippen LogP contribution is -2.43. The zero-order chi connectivity index (χ0) is 20.0. The molecule has 11 heteroatoms. The fourth-order valence-electron chi connectivity index (χ4n) is 1.86. The molecule has 0 aliphatic carbocycles. The molecule has 2 N–H and O–H groups in total. The number of nitrogens with zero attached hydrogens (tertiary/aromatic N) is 1. The summed E-state index contributed by atoms with van der Waals surface area (Å²) >= 11 is 0. The maximum Gasteiger partial charge on any atom is 0.341 e. The molecule has 0 radical (unpaired) electrons. The first-order chi connectivity index (χ1) is 12.8. The van der Waals surface area contributed by atoms with Gasteiger partial charge in [0.05, 0.1) is 10.5 Å². The molecule has 0 spiro atoms. The van der Waals surface area contributed by atoms with Gasteiger partial charge in [0.1, 0.15) is 11.6 Å². The van der Waals surface area contributed by atoms with Gasteiger partial charge in [-0.15, -0.1) is 0 Å². The van der Waals surface area contributed by atoms with E-state index < -0.39 is 46.5 Å². The Balaban J connectivity index is 1.85. The quantitative estimate of drug-likeness (QED) is 0.460. The third-order valence-corrected chi connectivity index (χ3v) is 3.12. The second kappa shape index (κ2) is 8.47. The molecule has 9 nitrogen and oxygen atoms in total. The van der Waals surface area contributed by atoms with Crippen molar-refractivity contribution in [2.24, 2.45) is 0 Å². The van der Waals surface area contributed by atoms with Gasteiger partial charge in [-0.1, -0.05) is 6.07 Å². The fraction of sp³-hybridized carbons (Fsp3) is 0.0625. The number of carbonyl (C=O) groups is 3. The van der Waals surface area contributed by atoms with Crippen LogP contribution in [0.3, 0.4) is 0 Å². The van der Waals surface area contributed by atoms with E-state index in [1.807, 2.05) is 10.9 Å². The number of nitro groups is 1. The summed E-state index contributed by atoms with van der Waals surface area (Å²) in [7, 11) is 0. The largest absolute Gasteiger partial charge is 0.452 e. The first-order valence-corrected chi connectivity index (χ1v) is 7.23. The van der Waals surface area contributed by atoms with Crippen LogP contribution < -0.4 is 10.9 Å². The third kappa shape index (κ3) is 5.29. The summed E-state index contributed by atoms with van der Waals surface area (Å²) in [6.45, 7) is -0.856. The summed E-state index contributed by atoms with van der Waals surface area (Å²) in [6.07, 6.45) is 0. The van der Waals surface area contributed by atoms with Crippen LogP contribution in [0.4, 0.5) is 14.5 Å². The van der Waals surface area contributed by atoms with E-state index >= 15 is 0 Å². The Morgan fingerprint density at radius 1 is 1.07 bits per heavy atom. The van der Waals surface area contributed by atoms with Crippen molar-refractivity contribution in [3.05, 3.63) is 75.3 Å². The molecule has 0 saturated carbocycles. The van der Waals surface area contributed by atoms with Crippen molar-refractivity contribution >= 4 is 23.5 Å². The first-order valence-electron chi connectivity index (χ1n) is 7.23. The molecular formula is C16H11F2N3O6. The van der Waals surface area contributed by atoms with E-state index in [1.54, 1.807) is 0 Å². The van der Waals surface area contributed by atoms with E-state index in [1.165, 1.54) is 18.2 Å². The van der Waals surface area contributed by atoms with E-state index in [2.05, 4.69) is 4.74 Å². The van der Waals surface area contributed by atoms with Crippen LogP contribution >= 0.6 is 0 Å². The molecule has 0 aromatic heterocycles. The van der Waals surface area contributed by atoms with Gasteiger partial charge < -0.3 is 4.74 Å². The number of carbonyl (C=O) groups excluding carboxylic acids is 3. The number of hydrogen-bond donors (Lipinski definition) is 2. The molecule has 140 valence electrons. The Morgan fingerprint density at radius 3 is 2.48 bits per heavy atom. The molecule has 0 saturated heterocycles. The molecule has 2 aromatic rings. The standard InChI is InChI=1S/C16H11F2N3O6/c17-10-4-5-12(13(18)7-10)16(24)27-8-14(22)19-20-15(23)9-2-1-3-11(6-9)21(25)26/h1-7H,8H2,(H,19,22)(H,20,23). The Bertz CT molecular complexity index is 919. The Hall–Kier alpha value is -3.89. The second-order valence-electron chi connectivity index (χ2n) is 5.01. The Kier molecular flexibility index (Phi) is 6.10. The lowest BCUT2D eigenvalue weighted by atomic mass is 10.2. The number of esters is 1.